The predicted octanol–water partition coefficient (Wildman–Crippen LogP) is 3.75. The molecular formula is C22H27NO3. The molecule has 1 saturated heterocycles. The van der Waals surface area contributed by atoms with Crippen molar-refractivity contribution in [2.24, 2.45) is 0 Å². The molecule has 4 heteroatoms. The van der Waals surface area contributed by atoms with Crippen molar-refractivity contribution in [2.45, 2.75) is 38.8 Å². The number of carbonyl (C=O) groups is 1. The summed E-state index contributed by atoms with van der Waals surface area (Å²) in [6.07, 6.45) is 2.65. The van der Waals surface area contributed by atoms with Crippen LogP contribution in [0.3, 0.4) is 0 Å². The van der Waals surface area contributed by atoms with E-state index >= 15 is 0 Å². The highest BCUT2D eigenvalue weighted by molar-refractivity contribution is 5.78. The first-order valence-corrected chi connectivity index (χ1v) is 9.22. The fourth-order valence-electron chi connectivity index (χ4n) is 3.27. The molecule has 0 N–H and O–H groups in total. The molecule has 2 aromatic carbocycles. The number of hydrogen-bond acceptors (Lipinski definition) is 3. The molecule has 0 bridgehead atoms. The van der Waals surface area contributed by atoms with E-state index in [0.29, 0.717) is 19.5 Å². The maximum Gasteiger partial charge on any atom is 0.227 e. The van der Waals surface area contributed by atoms with Crippen LogP contribution in [0.2, 0.25) is 0 Å². The SMILES string of the molecule is COc1cccc(CN(CC2CCCO2)C(=O)Cc2ccc(C)cc2)c1. The Morgan fingerprint density at radius 2 is 2.00 bits per heavy atom. The van der Waals surface area contributed by atoms with E-state index in [2.05, 4.69) is 19.1 Å². The quantitative estimate of drug-likeness (QED) is 0.761. The fraction of sp³-hybridized carbons (Fsp3) is 0.409. The summed E-state index contributed by atoms with van der Waals surface area (Å²) in [6.45, 7) is 4.06. The Labute approximate surface area is 155 Å². The highest BCUT2D eigenvalue weighted by Gasteiger charge is 2.23. The number of benzene rings is 2. The van der Waals surface area contributed by atoms with Gasteiger partial charge in [-0.1, -0.05) is 42.0 Å². The van der Waals surface area contributed by atoms with Crippen LogP contribution < -0.4 is 4.74 Å². The van der Waals surface area contributed by atoms with Crippen LogP contribution in [0.1, 0.15) is 29.5 Å². The number of nitrogens with zero attached hydrogens (tertiary/aromatic N) is 1. The Hall–Kier alpha value is -2.33. The van der Waals surface area contributed by atoms with Gasteiger partial charge in [0.15, 0.2) is 0 Å². The fourth-order valence-corrected chi connectivity index (χ4v) is 3.27. The van der Waals surface area contributed by atoms with Crippen LogP contribution in [-0.4, -0.2) is 37.2 Å². The average molecular weight is 353 g/mol. The number of hydrogen-bond donors (Lipinski definition) is 0. The predicted molar refractivity (Wildman–Crippen MR) is 102 cm³/mol. The highest BCUT2D eigenvalue weighted by atomic mass is 16.5. The standard InChI is InChI=1S/C22H27NO3/c1-17-8-10-18(11-9-17)14-22(24)23(16-21-7-4-12-26-21)15-19-5-3-6-20(13-19)25-2/h3,5-6,8-11,13,21H,4,7,12,14-16H2,1-2H3. The zero-order valence-electron chi connectivity index (χ0n) is 15.6. The van der Waals surface area contributed by atoms with Crippen LogP contribution in [0, 0.1) is 6.92 Å². The third kappa shape index (κ3) is 5.09. The average Bonchev–Trinajstić information content (AvgIpc) is 3.16. The number of methoxy groups -OCH3 is 1. The molecule has 0 spiro atoms. The van der Waals surface area contributed by atoms with Crippen molar-refractivity contribution in [3.05, 3.63) is 65.2 Å². The van der Waals surface area contributed by atoms with E-state index in [1.165, 1.54) is 5.56 Å². The molecule has 1 atom stereocenters. The van der Waals surface area contributed by atoms with Gasteiger partial charge >= 0.3 is 0 Å². The van der Waals surface area contributed by atoms with Gasteiger partial charge in [0.05, 0.1) is 19.6 Å². The monoisotopic (exact) mass is 353 g/mol. The van der Waals surface area contributed by atoms with Gasteiger partial charge in [0.25, 0.3) is 0 Å². The Balaban J connectivity index is 1.72. The van der Waals surface area contributed by atoms with E-state index in [1.54, 1.807) is 7.11 Å². The van der Waals surface area contributed by atoms with Crippen molar-refractivity contribution in [3.63, 3.8) is 0 Å². The smallest absolute Gasteiger partial charge is 0.227 e. The van der Waals surface area contributed by atoms with Crippen molar-refractivity contribution in [2.75, 3.05) is 20.3 Å². The maximum absolute atomic E-state index is 13.0. The number of aryl methyl sites for hydroxylation is 1. The van der Waals surface area contributed by atoms with Crippen LogP contribution in [0.25, 0.3) is 0 Å². The summed E-state index contributed by atoms with van der Waals surface area (Å²) in [5.74, 6) is 0.942. The second kappa shape index (κ2) is 8.86. The molecule has 2 aromatic rings. The first-order chi connectivity index (χ1) is 12.6. The molecule has 0 radical (unpaired) electrons. The summed E-state index contributed by atoms with van der Waals surface area (Å²) in [7, 11) is 1.66. The molecule has 4 nitrogen and oxygen atoms in total. The second-order valence-electron chi connectivity index (χ2n) is 6.92. The summed E-state index contributed by atoms with van der Waals surface area (Å²) >= 11 is 0. The van der Waals surface area contributed by atoms with E-state index in [1.807, 2.05) is 41.3 Å². The molecule has 1 unspecified atom stereocenters. The first-order valence-electron chi connectivity index (χ1n) is 9.22. The molecule has 26 heavy (non-hydrogen) atoms. The summed E-state index contributed by atoms with van der Waals surface area (Å²) in [5, 5.41) is 0. The van der Waals surface area contributed by atoms with Gasteiger partial charge < -0.3 is 14.4 Å². The highest BCUT2D eigenvalue weighted by Crippen LogP contribution is 2.19. The van der Waals surface area contributed by atoms with Crippen molar-refractivity contribution >= 4 is 5.91 Å². The second-order valence-corrected chi connectivity index (χ2v) is 6.92. The topological polar surface area (TPSA) is 38.8 Å². The number of ether oxygens (including phenoxy) is 2. The molecule has 138 valence electrons. The van der Waals surface area contributed by atoms with Gasteiger partial charge in [-0.05, 0) is 43.0 Å². The molecule has 1 fully saturated rings. The van der Waals surface area contributed by atoms with E-state index in [0.717, 1.165) is 36.3 Å². The molecule has 0 saturated carbocycles. The van der Waals surface area contributed by atoms with Gasteiger partial charge in [-0.3, -0.25) is 4.79 Å². The van der Waals surface area contributed by atoms with Crippen LogP contribution in [0.15, 0.2) is 48.5 Å². The van der Waals surface area contributed by atoms with Crippen LogP contribution in [0.5, 0.6) is 5.75 Å². The minimum absolute atomic E-state index is 0.132. The zero-order chi connectivity index (χ0) is 18.4. The lowest BCUT2D eigenvalue weighted by atomic mass is 10.1. The van der Waals surface area contributed by atoms with Gasteiger partial charge in [0.2, 0.25) is 5.91 Å². The summed E-state index contributed by atoms with van der Waals surface area (Å²) in [4.78, 5) is 14.9. The molecule has 1 aliphatic rings. The molecular weight excluding hydrogens is 326 g/mol. The zero-order valence-corrected chi connectivity index (χ0v) is 15.6. The lowest BCUT2D eigenvalue weighted by molar-refractivity contribution is -0.132. The van der Waals surface area contributed by atoms with Crippen LogP contribution in [-0.2, 0) is 22.5 Å². The molecule has 3 rings (SSSR count). The number of amides is 1. The lowest BCUT2D eigenvalue weighted by Gasteiger charge is -2.26. The van der Waals surface area contributed by atoms with Gasteiger partial charge in [0.1, 0.15) is 5.75 Å². The Kier molecular flexibility index (Phi) is 6.29. The largest absolute Gasteiger partial charge is 0.497 e. The molecule has 1 aliphatic heterocycles. The van der Waals surface area contributed by atoms with E-state index in [4.69, 9.17) is 9.47 Å². The van der Waals surface area contributed by atoms with Crippen LogP contribution in [0.4, 0.5) is 0 Å². The van der Waals surface area contributed by atoms with Crippen molar-refractivity contribution in [1.82, 2.24) is 4.90 Å². The van der Waals surface area contributed by atoms with Gasteiger partial charge in [-0.25, -0.2) is 0 Å². The first kappa shape index (κ1) is 18.5. The summed E-state index contributed by atoms with van der Waals surface area (Å²) in [5.41, 5.74) is 3.32. The molecule has 1 heterocycles. The number of rotatable bonds is 7. The van der Waals surface area contributed by atoms with E-state index in [9.17, 15) is 4.79 Å². The maximum atomic E-state index is 13.0. The van der Waals surface area contributed by atoms with Gasteiger partial charge in [-0.2, -0.15) is 0 Å². The normalized spacial score (nSPS) is 16.5. The summed E-state index contributed by atoms with van der Waals surface area (Å²) in [6, 6.07) is 16.1. The molecule has 0 aromatic heterocycles. The summed E-state index contributed by atoms with van der Waals surface area (Å²) < 4.78 is 11.1. The van der Waals surface area contributed by atoms with Crippen molar-refractivity contribution in [3.8, 4) is 5.75 Å². The van der Waals surface area contributed by atoms with Crippen molar-refractivity contribution < 1.29 is 14.3 Å². The van der Waals surface area contributed by atoms with Crippen molar-refractivity contribution in [1.29, 1.82) is 0 Å². The molecule has 1 amide bonds. The number of carbonyl (C=O) groups excluding carboxylic acids is 1. The molecule has 0 aliphatic carbocycles. The Morgan fingerprint density at radius 3 is 2.69 bits per heavy atom. The Morgan fingerprint density at radius 1 is 1.19 bits per heavy atom. The Bertz CT molecular complexity index is 720. The third-order valence-corrected chi connectivity index (χ3v) is 4.78. The van der Waals surface area contributed by atoms with E-state index < -0.39 is 0 Å². The lowest BCUT2D eigenvalue weighted by Crippen LogP contribution is -2.37. The van der Waals surface area contributed by atoms with Crippen LogP contribution >= 0.6 is 0 Å². The third-order valence-electron chi connectivity index (χ3n) is 4.78. The minimum Gasteiger partial charge on any atom is -0.497 e. The van der Waals surface area contributed by atoms with Gasteiger partial charge in [0, 0.05) is 19.7 Å². The van der Waals surface area contributed by atoms with E-state index in [-0.39, 0.29) is 12.0 Å². The minimum atomic E-state index is 0.132. The van der Waals surface area contributed by atoms with Gasteiger partial charge in [-0.15, -0.1) is 0 Å².